The standard InChI is InChI=1S/C15H19N3O/c1-14(2)11(15(14,3)4)12(19)18-13-16-9-7-5-6-8-10(9)17-13/h5-8,11H,1-4H3,(H2,16,17,18,19). The second kappa shape index (κ2) is 3.59. The number of benzene rings is 1. The quantitative estimate of drug-likeness (QED) is 0.868. The zero-order valence-corrected chi connectivity index (χ0v) is 11.7. The third-order valence-electron chi connectivity index (χ3n) is 4.91. The molecule has 19 heavy (non-hydrogen) atoms. The van der Waals surface area contributed by atoms with Crippen LogP contribution in [0.25, 0.3) is 11.0 Å². The van der Waals surface area contributed by atoms with E-state index >= 15 is 0 Å². The van der Waals surface area contributed by atoms with Gasteiger partial charge in [-0.2, -0.15) is 0 Å². The van der Waals surface area contributed by atoms with Crippen LogP contribution in [0.5, 0.6) is 0 Å². The first-order valence-corrected chi connectivity index (χ1v) is 6.59. The van der Waals surface area contributed by atoms with Crippen molar-refractivity contribution in [3.05, 3.63) is 24.3 Å². The van der Waals surface area contributed by atoms with Gasteiger partial charge in [-0.15, -0.1) is 0 Å². The number of amides is 1. The number of H-pyrrole nitrogens is 1. The topological polar surface area (TPSA) is 57.8 Å². The summed E-state index contributed by atoms with van der Waals surface area (Å²) in [5.41, 5.74) is 1.89. The first-order valence-electron chi connectivity index (χ1n) is 6.59. The number of rotatable bonds is 2. The molecule has 4 heteroatoms. The van der Waals surface area contributed by atoms with Crippen LogP contribution >= 0.6 is 0 Å². The molecule has 0 unspecified atom stereocenters. The van der Waals surface area contributed by atoms with Gasteiger partial charge in [-0.25, -0.2) is 4.98 Å². The summed E-state index contributed by atoms with van der Waals surface area (Å²) in [5, 5.41) is 2.90. The number of imidazole rings is 1. The number of hydrogen-bond donors (Lipinski definition) is 2. The number of aromatic nitrogens is 2. The highest BCUT2D eigenvalue weighted by molar-refractivity contribution is 5.96. The van der Waals surface area contributed by atoms with Gasteiger partial charge < -0.3 is 4.98 Å². The Morgan fingerprint density at radius 3 is 2.42 bits per heavy atom. The number of carbonyl (C=O) groups excluding carboxylic acids is 1. The molecule has 1 aliphatic rings. The minimum Gasteiger partial charge on any atom is -0.324 e. The average molecular weight is 257 g/mol. The molecule has 1 aromatic carbocycles. The Kier molecular flexibility index (Phi) is 2.31. The van der Waals surface area contributed by atoms with E-state index in [1.807, 2.05) is 24.3 Å². The lowest BCUT2D eigenvalue weighted by molar-refractivity contribution is -0.118. The van der Waals surface area contributed by atoms with Crippen LogP contribution in [0.1, 0.15) is 27.7 Å². The maximum absolute atomic E-state index is 12.3. The number of nitrogens with zero attached hydrogens (tertiary/aromatic N) is 1. The largest absolute Gasteiger partial charge is 0.324 e. The van der Waals surface area contributed by atoms with Gasteiger partial charge in [0.25, 0.3) is 0 Å². The molecule has 0 radical (unpaired) electrons. The van der Waals surface area contributed by atoms with Crippen molar-refractivity contribution >= 4 is 22.9 Å². The molecular weight excluding hydrogens is 238 g/mol. The van der Waals surface area contributed by atoms with Crippen LogP contribution in [0.15, 0.2) is 24.3 Å². The zero-order chi connectivity index (χ0) is 13.8. The van der Waals surface area contributed by atoms with E-state index in [2.05, 4.69) is 43.0 Å². The molecule has 0 atom stereocenters. The first-order chi connectivity index (χ1) is 8.84. The van der Waals surface area contributed by atoms with Gasteiger partial charge in [-0.1, -0.05) is 39.8 Å². The third-order valence-corrected chi connectivity index (χ3v) is 4.91. The normalized spacial score (nSPS) is 20.4. The Bertz CT molecular complexity index is 607. The third kappa shape index (κ3) is 1.66. The van der Waals surface area contributed by atoms with Crippen LogP contribution in [0, 0.1) is 16.7 Å². The predicted octanol–water partition coefficient (Wildman–Crippen LogP) is 3.18. The van der Waals surface area contributed by atoms with Crippen molar-refractivity contribution in [2.75, 3.05) is 5.32 Å². The number of aromatic amines is 1. The molecule has 0 saturated heterocycles. The summed E-state index contributed by atoms with van der Waals surface area (Å²) >= 11 is 0. The average Bonchev–Trinajstić information content (AvgIpc) is 2.61. The van der Waals surface area contributed by atoms with E-state index in [1.165, 1.54) is 0 Å². The predicted molar refractivity (Wildman–Crippen MR) is 75.8 cm³/mol. The summed E-state index contributed by atoms with van der Waals surface area (Å²) < 4.78 is 0. The lowest BCUT2D eigenvalue weighted by Crippen LogP contribution is -2.18. The van der Waals surface area contributed by atoms with Gasteiger partial charge in [0.1, 0.15) is 0 Å². The summed E-state index contributed by atoms with van der Waals surface area (Å²) in [7, 11) is 0. The van der Waals surface area contributed by atoms with Crippen LogP contribution in [0.2, 0.25) is 0 Å². The van der Waals surface area contributed by atoms with Gasteiger partial charge in [-0.05, 0) is 23.0 Å². The molecule has 2 aromatic rings. The smallest absolute Gasteiger partial charge is 0.230 e. The van der Waals surface area contributed by atoms with E-state index in [4.69, 9.17) is 0 Å². The van der Waals surface area contributed by atoms with Crippen molar-refractivity contribution in [2.45, 2.75) is 27.7 Å². The second-order valence-corrected chi connectivity index (χ2v) is 6.47. The first kappa shape index (κ1) is 12.2. The molecule has 3 rings (SSSR count). The van der Waals surface area contributed by atoms with E-state index in [-0.39, 0.29) is 22.7 Å². The van der Waals surface area contributed by atoms with E-state index in [1.54, 1.807) is 0 Å². The summed E-state index contributed by atoms with van der Waals surface area (Å²) in [6.45, 7) is 8.54. The van der Waals surface area contributed by atoms with Crippen molar-refractivity contribution in [1.29, 1.82) is 0 Å². The number of para-hydroxylation sites is 2. The van der Waals surface area contributed by atoms with Crippen LogP contribution in [-0.2, 0) is 4.79 Å². The molecular formula is C15H19N3O. The molecule has 1 aromatic heterocycles. The lowest BCUT2D eigenvalue weighted by atomic mass is 10.0. The highest BCUT2D eigenvalue weighted by Crippen LogP contribution is 2.68. The Hall–Kier alpha value is -1.84. The molecule has 1 saturated carbocycles. The number of nitrogens with one attached hydrogen (secondary N) is 2. The summed E-state index contributed by atoms with van der Waals surface area (Å²) in [4.78, 5) is 19.8. The molecule has 0 aliphatic heterocycles. The SMILES string of the molecule is CC1(C)C(C(=O)Nc2nc3ccccc3[nH]2)C1(C)C. The Balaban J connectivity index is 1.81. The van der Waals surface area contributed by atoms with Crippen LogP contribution < -0.4 is 5.32 Å². The molecule has 2 N–H and O–H groups in total. The molecule has 1 amide bonds. The molecule has 1 heterocycles. The fourth-order valence-electron chi connectivity index (χ4n) is 3.05. The van der Waals surface area contributed by atoms with Crippen molar-refractivity contribution in [3.63, 3.8) is 0 Å². The summed E-state index contributed by atoms with van der Waals surface area (Å²) in [6, 6.07) is 7.75. The zero-order valence-electron chi connectivity index (χ0n) is 11.7. The molecule has 1 aliphatic carbocycles. The van der Waals surface area contributed by atoms with E-state index in [0.717, 1.165) is 11.0 Å². The minimum atomic E-state index is 0.0354. The van der Waals surface area contributed by atoms with E-state index in [9.17, 15) is 4.79 Å². The maximum atomic E-state index is 12.3. The molecule has 0 spiro atoms. The van der Waals surface area contributed by atoms with Gasteiger partial charge in [0, 0.05) is 5.92 Å². The lowest BCUT2D eigenvalue weighted by Gasteiger charge is -2.03. The fourth-order valence-corrected chi connectivity index (χ4v) is 3.05. The van der Waals surface area contributed by atoms with Crippen molar-refractivity contribution < 1.29 is 4.79 Å². The molecule has 1 fully saturated rings. The van der Waals surface area contributed by atoms with Crippen molar-refractivity contribution in [1.82, 2.24) is 9.97 Å². The van der Waals surface area contributed by atoms with Crippen LogP contribution in [0.3, 0.4) is 0 Å². The second-order valence-electron chi connectivity index (χ2n) is 6.47. The van der Waals surface area contributed by atoms with Crippen LogP contribution in [-0.4, -0.2) is 15.9 Å². The van der Waals surface area contributed by atoms with Gasteiger partial charge in [0.05, 0.1) is 11.0 Å². The molecule has 0 bridgehead atoms. The number of hydrogen-bond acceptors (Lipinski definition) is 2. The van der Waals surface area contributed by atoms with Crippen molar-refractivity contribution in [2.24, 2.45) is 16.7 Å². The number of anilines is 1. The van der Waals surface area contributed by atoms with Gasteiger partial charge in [0.2, 0.25) is 11.9 Å². The van der Waals surface area contributed by atoms with Crippen LogP contribution in [0.4, 0.5) is 5.95 Å². The Labute approximate surface area is 112 Å². The number of carbonyl (C=O) groups is 1. The Morgan fingerprint density at radius 2 is 1.84 bits per heavy atom. The molecule has 100 valence electrons. The van der Waals surface area contributed by atoms with E-state index in [0.29, 0.717) is 5.95 Å². The Morgan fingerprint density at radius 1 is 1.21 bits per heavy atom. The van der Waals surface area contributed by atoms with Gasteiger partial charge in [-0.3, -0.25) is 10.1 Å². The van der Waals surface area contributed by atoms with Crippen molar-refractivity contribution in [3.8, 4) is 0 Å². The summed E-state index contributed by atoms with van der Waals surface area (Å²) in [5.74, 6) is 0.618. The minimum absolute atomic E-state index is 0.0354. The van der Waals surface area contributed by atoms with E-state index < -0.39 is 0 Å². The van der Waals surface area contributed by atoms with Gasteiger partial charge in [0.15, 0.2) is 0 Å². The maximum Gasteiger partial charge on any atom is 0.230 e. The highest BCUT2D eigenvalue weighted by Gasteiger charge is 2.68. The molecule has 4 nitrogen and oxygen atoms in total. The number of fused-ring (bicyclic) bond motifs is 1. The summed E-state index contributed by atoms with van der Waals surface area (Å²) in [6.07, 6.45) is 0. The van der Waals surface area contributed by atoms with Gasteiger partial charge >= 0.3 is 0 Å². The highest BCUT2D eigenvalue weighted by atomic mass is 16.2. The fraction of sp³-hybridized carbons (Fsp3) is 0.467. The monoisotopic (exact) mass is 257 g/mol.